The Balaban J connectivity index is 1.90. The van der Waals surface area contributed by atoms with E-state index in [2.05, 4.69) is 6.58 Å². The summed E-state index contributed by atoms with van der Waals surface area (Å²) in [6.45, 7) is 3.22. The molecule has 0 radical (unpaired) electrons. The Morgan fingerprint density at radius 2 is 1.95 bits per heavy atom. The highest BCUT2D eigenvalue weighted by atomic mass is 16.8. The number of carboxylic acid groups (broad SMARTS) is 1. The summed E-state index contributed by atoms with van der Waals surface area (Å²) in [5.41, 5.74) is 0.603. The first-order valence-corrected chi connectivity index (χ1v) is 12.0. The summed E-state index contributed by atoms with van der Waals surface area (Å²) in [6, 6.07) is 0. The van der Waals surface area contributed by atoms with E-state index in [4.69, 9.17) is 18.9 Å². The number of hydrogen-bond donors (Lipinski definition) is 7. The summed E-state index contributed by atoms with van der Waals surface area (Å²) < 4.78 is 21.4. The molecule has 14 heteroatoms. The number of carboxylic acids is 1. The highest BCUT2D eigenvalue weighted by Gasteiger charge is 2.56. The smallest absolute Gasteiger partial charge is 0.337 e. The molecule has 0 bridgehead atoms. The van der Waals surface area contributed by atoms with Crippen molar-refractivity contribution in [2.24, 2.45) is 11.8 Å². The van der Waals surface area contributed by atoms with Crippen LogP contribution >= 0.6 is 0 Å². The standard InChI is InChI=1S/C25H33NO13/c1-3-15-16(5-4-13-8-14(21(31)32)10-26(9-13)6-7-27)17(22(33)36-2)12-37-23(15)39-24-20(30)25(34,35)19(29)18(11-28)38-24/h3-5,8,10,12,15-16,18-20,23-24,27-30,34-35H,1,6-7,9,11H2,2H3,(H,31,32)/t15-,16+,18-,19-,20+,23+,24+/m1/s1. The maximum Gasteiger partial charge on any atom is 0.337 e. The van der Waals surface area contributed by atoms with Crippen LogP contribution in [0.2, 0.25) is 0 Å². The van der Waals surface area contributed by atoms with Gasteiger partial charge in [0.15, 0.2) is 12.4 Å². The van der Waals surface area contributed by atoms with Crippen LogP contribution in [-0.2, 0) is 28.5 Å². The molecular weight excluding hydrogens is 522 g/mol. The molecular formula is C25H33NO13. The highest BCUT2D eigenvalue weighted by Crippen LogP contribution is 2.37. The number of aliphatic hydroxyl groups is 6. The van der Waals surface area contributed by atoms with Crippen molar-refractivity contribution in [1.29, 1.82) is 0 Å². The number of aliphatic hydroxyl groups excluding tert-OH is 4. The van der Waals surface area contributed by atoms with Crippen molar-refractivity contribution < 1.29 is 64.3 Å². The second-order valence-electron chi connectivity index (χ2n) is 9.10. The van der Waals surface area contributed by atoms with Gasteiger partial charge in [0.05, 0.1) is 43.6 Å². The van der Waals surface area contributed by atoms with Crippen molar-refractivity contribution in [3.8, 4) is 0 Å². The summed E-state index contributed by atoms with van der Waals surface area (Å²) in [7, 11) is 1.17. The molecule has 3 heterocycles. The van der Waals surface area contributed by atoms with Gasteiger partial charge in [-0.3, -0.25) is 0 Å². The molecule has 0 unspecified atom stereocenters. The van der Waals surface area contributed by atoms with E-state index in [9.17, 15) is 45.3 Å². The van der Waals surface area contributed by atoms with E-state index in [1.165, 1.54) is 25.5 Å². The molecule has 7 N–H and O–H groups in total. The van der Waals surface area contributed by atoms with Crippen LogP contribution in [0.1, 0.15) is 0 Å². The highest BCUT2D eigenvalue weighted by molar-refractivity contribution is 5.90. The van der Waals surface area contributed by atoms with Gasteiger partial charge in [-0.2, -0.15) is 0 Å². The number of hydrogen-bond acceptors (Lipinski definition) is 13. The summed E-state index contributed by atoms with van der Waals surface area (Å²) >= 11 is 0. The maximum absolute atomic E-state index is 12.5. The van der Waals surface area contributed by atoms with Crippen LogP contribution in [0.3, 0.4) is 0 Å². The number of esters is 1. The molecule has 3 aliphatic rings. The van der Waals surface area contributed by atoms with E-state index in [0.717, 1.165) is 6.26 Å². The summed E-state index contributed by atoms with van der Waals surface area (Å²) in [6.07, 6.45) is -0.306. The number of carbonyl (C=O) groups is 2. The predicted molar refractivity (Wildman–Crippen MR) is 130 cm³/mol. The van der Waals surface area contributed by atoms with Crippen LogP contribution in [0.4, 0.5) is 0 Å². The molecule has 3 rings (SSSR count). The zero-order chi connectivity index (χ0) is 28.9. The molecule has 0 spiro atoms. The van der Waals surface area contributed by atoms with Gasteiger partial charge in [-0.05, 0) is 11.6 Å². The van der Waals surface area contributed by atoms with E-state index in [1.54, 1.807) is 17.1 Å². The minimum absolute atomic E-state index is 0.00732. The molecule has 0 saturated carbocycles. The lowest BCUT2D eigenvalue weighted by Gasteiger charge is -2.46. The monoisotopic (exact) mass is 555 g/mol. The fourth-order valence-corrected chi connectivity index (χ4v) is 4.43. The lowest BCUT2D eigenvalue weighted by atomic mass is 9.83. The molecule has 1 fully saturated rings. The second kappa shape index (κ2) is 12.8. The molecule has 0 amide bonds. The minimum atomic E-state index is -3.08. The maximum atomic E-state index is 12.5. The van der Waals surface area contributed by atoms with Gasteiger partial charge in [-0.25, -0.2) is 9.59 Å². The minimum Gasteiger partial charge on any atom is -0.478 e. The third kappa shape index (κ3) is 6.57. The summed E-state index contributed by atoms with van der Waals surface area (Å²) in [4.78, 5) is 25.7. The molecule has 0 aromatic heterocycles. The third-order valence-corrected chi connectivity index (χ3v) is 6.55. The number of aliphatic carboxylic acids is 1. The van der Waals surface area contributed by atoms with E-state index in [-0.39, 0.29) is 30.8 Å². The van der Waals surface area contributed by atoms with Crippen molar-refractivity contribution >= 4 is 11.9 Å². The Bertz CT molecular complexity index is 1050. The lowest BCUT2D eigenvalue weighted by molar-refractivity contribution is -0.404. The van der Waals surface area contributed by atoms with E-state index < -0.39 is 67.1 Å². The zero-order valence-electron chi connectivity index (χ0n) is 21.1. The van der Waals surface area contributed by atoms with Crippen molar-refractivity contribution in [3.63, 3.8) is 0 Å². The van der Waals surface area contributed by atoms with Crippen molar-refractivity contribution in [2.75, 3.05) is 33.4 Å². The average molecular weight is 556 g/mol. The number of ether oxygens (including phenoxy) is 4. The molecule has 14 nitrogen and oxygen atoms in total. The molecule has 216 valence electrons. The van der Waals surface area contributed by atoms with Crippen LogP contribution in [0, 0.1) is 11.8 Å². The molecule has 1 saturated heterocycles. The SMILES string of the molecule is C=C[C@H]1[C@H](O[C@@H]2O[C@H](CO)[C@@H](O)C(O)(O)[C@H]2O)OC=C(C(=O)OC)[C@H]1C=CC1=CC(C(=O)O)=CN(CCO)C1. The van der Waals surface area contributed by atoms with E-state index in [1.807, 2.05) is 0 Å². The summed E-state index contributed by atoms with van der Waals surface area (Å²) in [5, 5.41) is 68.8. The van der Waals surface area contributed by atoms with Gasteiger partial charge in [0.25, 0.3) is 0 Å². The largest absolute Gasteiger partial charge is 0.478 e. The fraction of sp³-hybridized carbons (Fsp3) is 0.520. The normalized spacial score (nSPS) is 32.5. The lowest BCUT2D eigenvalue weighted by Crippen LogP contribution is -2.68. The van der Waals surface area contributed by atoms with E-state index in [0.29, 0.717) is 5.57 Å². The Hall–Kier alpha value is -3.08. The van der Waals surface area contributed by atoms with Crippen molar-refractivity contribution in [1.82, 2.24) is 4.90 Å². The second-order valence-corrected chi connectivity index (χ2v) is 9.10. The van der Waals surface area contributed by atoms with Crippen LogP contribution in [0.15, 0.2) is 60.1 Å². The Morgan fingerprint density at radius 3 is 2.54 bits per heavy atom. The van der Waals surface area contributed by atoms with Gasteiger partial charge in [-0.15, -0.1) is 6.58 Å². The first-order valence-electron chi connectivity index (χ1n) is 12.0. The van der Waals surface area contributed by atoms with Crippen molar-refractivity contribution in [3.05, 3.63) is 60.1 Å². The molecule has 3 aliphatic heterocycles. The first-order chi connectivity index (χ1) is 18.5. The Labute approximate surface area is 223 Å². The Morgan fingerprint density at radius 1 is 1.23 bits per heavy atom. The van der Waals surface area contributed by atoms with E-state index >= 15 is 0 Å². The number of methoxy groups -OCH3 is 1. The quantitative estimate of drug-likeness (QED) is 0.0858. The van der Waals surface area contributed by atoms with Crippen LogP contribution in [0.25, 0.3) is 0 Å². The van der Waals surface area contributed by atoms with Gasteiger partial charge >= 0.3 is 11.9 Å². The predicted octanol–water partition coefficient (Wildman–Crippen LogP) is -2.29. The number of allylic oxidation sites excluding steroid dienone is 1. The van der Waals surface area contributed by atoms with Gasteiger partial charge in [0, 0.05) is 25.2 Å². The number of nitrogens with zero attached hydrogens (tertiary/aromatic N) is 1. The summed E-state index contributed by atoms with van der Waals surface area (Å²) in [5.74, 6) is -6.64. The fourth-order valence-electron chi connectivity index (χ4n) is 4.43. The Kier molecular flexibility index (Phi) is 10.0. The molecule has 0 aromatic carbocycles. The van der Waals surface area contributed by atoms with Crippen LogP contribution in [-0.4, -0.2) is 123 Å². The van der Waals surface area contributed by atoms with Crippen LogP contribution < -0.4 is 0 Å². The van der Waals surface area contributed by atoms with Gasteiger partial charge in [-0.1, -0.05) is 18.2 Å². The first kappa shape index (κ1) is 30.5. The van der Waals surface area contributed by atoms with Gasteiger partial charge in [0.1, 0.15) is 12.2 Å². The third-order valence-electron chi connectivity index (χ3n) is 6.55. The topological polar surface area (TPSA) is 216 Å². The molecule has 7 atom stereocenters. The number of β-amino-alcohol motifs (C(OH)–C–C–N with tert-alkyl or cyclic N) is 1. The number of rotatable bonds is 10. The van der Waals surface area contributed by atoms with Gasteiger partial charge in [0.2, 0.25) is 12.1 Å². The van der Waals surface area contributed by atoms with Crippen molar-refractivity contribution in [2.45, 2.75) is 36.7 Å². The number of carbonyl (C=O) groups excluding carboxylic acids is 1. The average Bonchev–Trinajstić information content (AvgIpc) is 2.91. The zero-order valence-corrected chi connectivity index (χ0v) is 21.1. The molecule has 0 aromatic rings. The molecule has 39 heavy (non-hydrogen) atoms. The molecule has 0 aliphatic carbocycles. The van der Waals surface area contributed by atoms with Gasteiger partial charge < -0.3 is 59.6 Å². The van der Waals surface area contributed by atoms with Crippen LogP contribution in [0.5, 0.6) is 0 Å².